The molecule has 0 unspecified atom stereocenters. The van der Waals surface area contributed by atoms with Gasteiger partial charge in [-0.1, -0.05) is 6.07 Å². The number of hydrogen-bond donors (Lipinski definition) is 1. The van der Waals surface area contributed by atoms with Crippen LogP contribution in [0.2, 0.25) is 0 Å². The van der Waals surface area contributed by atoms with Gasteiger partial charge >= 0.3 is 0 Å². The van der Waals surface area contributed by atoms with Crippen molar-refractivity contribution in [1.29, 1.82) is 0 Å². The van der Waals surface area contributed by atoms with E-state index in [1.54, 1.807) is 17.5 Å². The van der Waals surface area contributed by atoms with Gasteiger partial charge in [-0.15, -0.1) is 11.3 Å². The topological polar surface area (TPSA) is 66.9 Å². The molecule has 0 radical (unpaired) electrons. The lowest BCUT2D eigenvalue weighted by atomic mass is 10.1. The van der Waals surface area contributed by atoms with Crippen LogP contribution in [0.15, 0.2) is 48.1 Å². The molecule has 1 fully saturated rings. The van der Waals surface area contributed by atoms with Crippen LogP contribution in [0.1, 0.15) is 6.92 Å². The highest BCUT2D eigenvalue weighted by molar-refractivity contribution is 7.13. The number of aromatic nitrogens is 4. The molecule has 1 aliphatic heterocycles. The zero-order valence-corrected chi connectivity index (χ0v) is 15.7. The molecular formula is C20H19N5OS. The first-order valence-corrected chi connectivity index (χ1v) is 9.87. The second-order valence-corrected chi connectivity index (χ2v) is 7.60. The van der Waals surface area contributed by atoms with Gasteiger partial charge in [0.1, 0.15) is 17.0 Å². The van der Waals surface area contributed by atoms with Crippen LogP contribution in [-0.2, 0) is 4.74 Å². The van der Waals surface area contributed by atoms with Crippen LogP contribution in [0.3, 0.4) is 0 Å². The Labute approximate surface area is 160 Å². The number of aromatic amines is 1. The SMILES string of the molecule is C[C@@H]1COCCN1c1cc(-c2cccs2)c2ccnc(-c3ccn[nH]3)c2n1. The fourth-order valence-electron chi connectivity index (χ4n) is 3.57. The number of morpholine rings is 1. The van der Waals surface area contributed by atoms with E-state index in [9.17, 15) is 0 Å². The van der Waals surface area contributed by atoms with E-state index in [2.05, 4.69) is 50.6 Å². The predicted octanol–water partition coefficient (Wildman–Crippen LogP) is 3.97. The molecule has 5 rings (SSSR count). The molecule has 7 heteroatoms. The van der Waals surface area contributed by atoms with E-state index in [0.717, 1.165) is 41.3 Å². The van der Waals surface area contributed by atoms with Crippen molar-refractivity contribution in [2.45, 2.75) is 13.0 Å². The van der Waals surface area contributed by atoms with Crippen LogP contribution >= 0.6 is 11.3 Å². The van der Waals surface area contributed by atoms with Gasteiger partial charge in [0.2, 0.25) is 0 Å². The van der Waals surface area contributed by atoms with Crippen molar-refractivity contribution in [3.8, 4) is 21.8 Å². The van der Waals surface area contributed by atoms with Crippen molar-refractivity contribution < 1.29 is 4.74 Å². The van der Waals surface area contributed by atoms with Crippen molar-refractivity contribution in [2.75, 3.05) is 24.7 Å². The molecular weight excluding hydrogens is 358 g/mol. The van der Waals surface area contributed by atoms with E-state index in [1.165, 1.54) is 10.4 Å². The van der Waals surface area contributed by atoms with Crippen LogP contribution in [0, 0.1) is 0 Å². The normalized spacial score (nSPS) is 17.5. The first-order chi connectivity index (χ1) is 13.3. The number of ether oxygens (including phenoxy) is 1. The minimum atomic E-state index is 0.284. The van der Waals surface area contributed by atoms with Gasteiger partial charge in [-0.2, -0.15) is 5.10 Å². The van der Waals surface area contributed by atoms with Gasteiger partial charge in [0.25, 0.3) is 0 Å². The molecule has 0 saturated carbocycles. The van der Waals surface area contributed by atoms with Crippen LogP contribution < -0.4 is 4.90 Å². The Bertz CT molecular complexity index is 1060. The smallest absolute Gasteiger partial charge is 0.130 e. The summed E-state index contributed by atoms with van der Waals surface area (Å²) in [5.74, 6) is 0.968. The Kier molecular flexibility index (Phi) is 4.10. The molecule has 27 heavy (non-hydrogen) atoms. The van der Waals surface area contributed by atoms with Gasteiger partial charge in [0, 0.05) is 34.8 Å². The average Bonchev–Trinajstić information content (AvgIpc) is 3.41. The third-order valence-electron chi connectivity index (χ3n) is 4.92. The van der Waals surface area contributed by atoms with Gasteiger partial charge in [-0.05, 0) is 36.6 Å². The maximum Gasteiger partial charge on any atom is 0.130 e. The molecule has 1 saturated heterocycles. The van der Waals surface area contributed by atoms with Crippen LogP contribution in [0.5, 0.6) is 0 Å². The number of thiophene rings is 1. The number of rotatable bonds is 3. The quantitative estimate of drug-likeness (QED) is 0.585. The molecule has 0 aliphatic carbocycles. The van der Waals surface area contributed by atoms with E-state index in [-0.39, 0.29) is 6.04 Å². The zero-order chi connectivity index (χ0) is 18.2. The van der Waals surface area contributed by atoms with E-state index >= 15 is 0 Å². The number of H-pyrrole nitrogens is 1. The predicted molar refractivity (Wildman–Crippen MR) is 108 cm³/mol. The van der Waals surface area contributed by atoms with E-state index in [0.29, 0.717) is 6.61 Å². The van der Waals surface area contributed by atoms with Crippen molar-refractivity contribution in [1.82, 2.24) is 20.2 Å². The first-order valence-electron chi connectivity index (χ1n) is 8.99. The van der Waals surface area contributed by atoms with Crippen molar-refractivity contribution in [3.05, 3.63) is 48.1 Å². The van der Waals surface area contributed by atoms with Crippen molar-refractivity contribution >= 4 is 28.1 Å². The highest BCUT2D eigenvalue weighted by Gasteiger charge is 2.23. The molecule has 5 heterocycles. The summed E-state index contributed by atoms with van der Waals surface area (Å²) in [5, 5.41) is 10.3. The summed E-state index contributed by atoms with van der Waals surface area (Å²) in [7, 11) is 0. The lowest BCUT2D eigenvalue weighted by Gasteiger charge is -2.34. The lowest BCUT2D eigenvalue weighted by molar-refractivity contribution is 0.0986. The third-order valence-corrected chi connectivity index (χ3v) is 5.82. The summed E-state index contributed by atoms with van der Waals surface area (Å²) < 4.78 is 5.61. The second kappa shape index (κ2) is 6.75. The monoisotopic (exact) mass is 377 g/mol. The average molecular weight is 377 g/mol. The summed E-state index contributed by atoms with van der Waals surface area (Å²) in [6.45, 7) is 4.45. The fraction of sp³-hybridized carbons (Fsp3) is 0.250. The Morgan fingerprint density at radius 1 is 1.26 bits per heavy atom. The van der Waals surface area contributed by atoms with Crippen LogP contribution in [0.25, 0.3) is 32.7 Å². The molecule has 1 aliphatic rings. The second-order valence-electron chi connectivity index (χ2n) is 6.65. The number of fused-ring (bicyclic) bond motifs is 1. The van der Waals surface area contributed by atoms with Crippen molar-refractivity contribution in [3.63, 3.8) is 0 Å². The molecule has 0 bridgehead atoms. The van der Waals surface area contributed by atoms with Gasteiger partial charge in [0.15, 0.2) is 0 Å². The Balaban J connectivity index is 1.78. The van der Waals surface area contributed by atoms with Crippen molar-refractivity contribution in [2.24, 2.45) is 0 Å². The first kappa shape index (κ1) is 16.4. The van der Waals surface area contributed by atoms with Crippen LogP contribution in [0.4, 0.5) is 5.82 Å². The molecule has 6 nitrogen and oxygen atoms in total. The van der Waals surface area contributed by atoms with E-state index < -0.39 is 0 Å². The van der Waals surface area contributed by atoms with Crippen LogP contribution in [-0.4, -0.2) is 46.0 Å². The summed E-state index contributed by atoms with van der Waals surface area (Å²) in [6.07, 6.45) is 3.58. The van der Waals surface area contributed by atoms with Gasteiger partial charge in [0.05, 0.1) is 24.9 Å². The Hall–Kier alpha value is -2.77. The number of nitrogens with zero attached hydrogens (tertiary/aromatic N) is 4. The molecule has 136 valence electrons. The zero-order valence-electron chi connectivity index (χ0n) is 14.9. The highest BCUT2D eigenvalue weighted by Crippen LogP contribution is 2.37. The Morgan fingerprint density at radius 3 is 3.00 bits per heavy atom. The maximum absolute atomic E-state index is 5.61. The minimum Gasteiger partial charge on any atom is -0.377 e. The standard InChI is InChI=1S/C20H19N5OS/c1-13-12-26-9-8-25(13)18-11-15(17-3-2-10-27-17)14-4-6-21-20(19(14)23-18)16-5-7-22-24-16/h2-7,10-11,13H,8-9,12H2,1H3,(H,22,24)/t13-/m1/s1. The lowest BCUT2D eigenvalue weighted by Crippen LogP contribution is -2.44. The minimum absolute atomic E-state index is 0.284. The maximum atomic E-state index is 5.61. The Morgan fingerprint density at radius 2 is 2.22 bits per heavy atom. The third kappa shape index (κ3) is 2.89. The largest absolute Gasteiger partial charge is 0.377 e. The molecule has 4 aromatic heterocycles. The summed E-state index contributed by atoms with van der Waals surface area (Å²) >= 11 is 1.74. The number of anilines is 1. The molecule has 4 aromatic rings. The van der Waals surface area contributed by atoms with Gasteiger partial charge in [-0.25, -0.2) is 4.98 Å². The van der Waals surface area contributed by atoms with Gasteiger partial charge < -0.3 is 9.64 Å². The van der Waals surface area contributed by atoms with E-state index in [1.807, 2.05) is 18.3 Å². The number of hydrogen-bond acceptors (Lipinski definition) is 6. The number of nitrogens with one attached hydrogen (secondary N) is 1. The van der Waals surface area contributed by atoms with E-state index in [4.69, 9.17) is 9.72 Å². The summed E-state index contributed by atoms with van der Waals surface area (Å²) in [4.78, 5) is 13.2. The van der Waals surface area contributed by atoms with Gasteiger partial charge in [-0.3, -0.25) is 10.1 Å². The molecule has 0 aromatic carbocycles. The summed E-state index contributed by atoms with van der Waals surface area (Å²) in [5.41, 5.74) is 3.77. The molecule has 0 spiro atoms. The fourth-order valence-corrected chi connectivity index (χ4v) is 4.33. The summed E-state index contributed by atoms with van der Waals surface area (Å²) in [6, 6.07) is 10.7. The highest BCUT2D eigenvalue weighted by atomic mass is 32.1. The molecule has 1 atom stereocenters. The molecule has 1 N–H and O–H groups in total. The molecule has 0 amide bonds. The number of pyridine rings is 2.